The summed E-state index contributed by atoms with van der Waals surface area (Å²) in [4.78, 5) is 27.0. The van der Waals surface area contributed by atoms with Gasteiger partial charge in [-0.3, -0.25) is 4.79 Å². The molecule has 1 saturated carbocycles. The molecule has 1 aliphatic carbocycles. The fraction of sp³-hybridized carbons (Fsp3) is 0.423. The standard InChI is InChI=1S/C26H27F3N6O2S/c1-16-12-18(14-19(13-16)33-24-31-10-6-21(34-24)26(27,28)29)20-15-32-23(38-20)25(37)7-4-17(5-8-25)22(36)35(2)11-3-9-30/h6,10,12-15,17,37H,3-5,7-8,11H2,1-2H3,(H,31,33,34)/t17-,25-. The predicted octanol–water partition coefficient (Wildman–Crippen LogP) is 5.42. The molecule has 2 aromatic heterocycles. The Labute approximate surface area is 222 Å². The van der Waals surface area contributed by atoms with Crippen LogP contribution in [-0.2, 0) is 16.6 Å². The van der Waals surface area contributed by atoms with Crippen molar-refractivity contribution in [3.05, 3.63) is 52.9 Å². The van der Waals surface area contributed by atoms with Crippen molar-refractivity contribution < 1.29 is 23.1 Å². The number of carbonyl (C=O) groups is 1. The Kier molecular flexibility index (Phi) is 7.99. The molecular formula is C26H27F3N6O2S. The van der Waals surface area contributed by atoms with Crippen molar-refractivity contribution in [2.75, 3.05) is 18.9 Å². The summed E-state index contributed by atoms with van der Waals surface area (Å²) in [6.07, 6.45) is 0.279. The van der Waals surface area contributed by atoms with E-state index in [2.05, 4.69) is 20.3 Å². The number of hydrogen-bond donors (Lipinski definition) is 2. The molecule has 2 N–H and O–H groups in total. The number of hydrogen-bond acceptors (Lipinski definition) is 8. The molecule has 1 fully saturated rings. The molecule has 0 radical (unpaired) electrons. The minimum atomic E-state index is -4.57. The number of rotatable bonds is 7. The number of aromatic nitrogens is 3. The first kappa shape index (κ1) is 27.5. The quantitative estimate of drug-likeness (QED) is 0.408. The number of alkyl halides is 3. The molecular weight excluding hydrogens is 517 g/mol. The number of nitriles is 1. The first-order valence-corrected chi connectivity index (χ1v) is 12.9. The molecule has 0 unspecified atom stereocenters. The minimum absolute atomic E-state index is 0.00771. The summed E-state index contributed by atoms with van der Waals surface area (Å²) < 4.78 is 39.0. The number of nitrogens with zero attached hydrogens (tertiary/aromatic N) is 5. The third-order valence-corrected chi connectivity index (χ3v) is 7.80. The maximum atomic E-state index is 13.0. The Hall–Kier alpha value is -3.56. The monoisotopic (exact) mass is 544 g/mol. The van der Waals surface area contributed by atoms with Crippen molar-refractivity contribution in [3.8, 4) is 16.5 Å². The summed E-state index contributed by atoms with van der Waals surface area (Å²) >= 11 is 1.35. The first-order valence-electron chi connectivity index (χ1n) is 12.1. The molecule has 0 bridgehead atoms. The van der Waals surface area contributed by atoms with Crippen molar-refractivity contribution in [1.29, 1.82) is 5.26 Å². The highest BCUT2D eigenvalue weighted by Gasteiger charge is 2.40. The average molecular weight is 545 g/mol. The van der Waals surface area contributed by atoms with Crippen LogP contribution in [0.1, 0.15) is 48.4 Å². The lowest BCUT2D eigenvalue weighted by Crippen LogP contribution is -2.39. The van der Waals surface area contributed by atoms with Gasteiger partial charge in [0.2, 0.25) is 11.9 Å². The maximum absolute atomic E-state index is 13.0. The van der Waals surface area contributed by atoms with Crippen LogP contribution in [0.3, 0.4) is 0 Å². The lowest BCUT2D eigenvalue weighted by Gasteiger charge is -2.35. The van der Waals surface area contributed by atoms with Crippen LogP contribution in [0.25, 0.3) is 10.4 Å². The smallest absolute Gasteiger partial charge is 0.383 e. The molecule has 38 heavy (non-hydrogen) atoms. The Morgan fingerprint density at radius 2 is 2.03 bits per heavy atom. The lowest BCUT2D eigenvalue weighted by molar-refractivity contribution is -0.141. The minimum Gasteiger partial charge on any atom is -0.383 e. The highest BCUT2D eigenvalue weighted by molar-refractivity contribution is 7.15. The molecule has 1 amide bonds. The third kappa shape index (κ3) is 6.28. The van der Waals surface area contributed by atoms with Gasteiger partial charge in [0.15, 0.2) is 0 Å². The van der Waals surface area contributed by atoms with Crippen LogP contribution >= 0.6 is 11.3 Å². The number of anilines is 2. The van der Waals surface area contributed by atoms with Gasteiger partial charge in [-0.25, -0.2) is 15.0 Å². The van der Waals surface area contributed by atoms with Crippen molar-refractivity contribution in [1.82, 2.24) is 19.9 Å². The normalized spacial score (nSPS) is 19.6. The second-order valence-corrected chi connectivity index (χ2v) is 10.5. The summed E-state index contributed by atoms with van der Waals surface area (Å²) in [5, 5.41) is 23.5. The van der Waals surface area contributed by atoms with Gasteiger partial charge in [0.05, 0.1) is 17.4 Å². The third-order valence-electron chi connectivity index (χ3n) is 6.57. The summed E-state index contributed by atoms with van der Waals surface area (Å²) in [6, 6.07) is 8.32. The fourth-order valence-corrected chi connectivity index (χ4v) is 5.57. The zero-order chi connectivity index (χ0) is 27.5. The molecule has 4 rings (SSSR count). The predicted molar refractivity (Wildman–Crippen MR) is 136 cm³/mol. The van der Waals surface area contributed by atoms with Gasteiger partial charge in [-0.15, -0.1) is 11.3 Å². The Morgan fingerprint density at radius 3 is 2.71 bits per heavy atom. The van der Waals surface area contributed by atoms with Gasteiger partial charge in [0, 0.05) is 37.6 Å². The number of amides is 1. The Bertz CT molecular complexity index is 1350. The van der Waals surface area contributed by atoms with Crippen molar-refractivity contribution in [2.45, 2.75) is 50.8 Å². The molecule has 0 saturated heterocycles. The summed E-state index contributed by atoms with van der Waals surface area (Å²) in [7, 11) is 1.69. The molecule has 3 aromatic rings. The van der Waals surface area contributed by atoms with Gasteiger partial charge in [0.25, 0.3) is 0 Å². The van der Waals surface area contributed by atoms with Crippen LogP contribution in [0.4, 0.5) is 24.8 Å². The molecule has 1 aromatic carbocycles. The Balaban J connectivity index is 1.47. The average Bonchev–Trinajstić information content (AvgIpc) is 3.38. The molecule has 1 aliphatic rings. The first-order chi connectivity index (χ1) is 18.0. The van der Waals surface area contributed by atoms with Gasteiger partial charge in [-0.1, -0.05) is 6.07 Å². The zero-order valence-corrected chi connectivity index (χ0v) is 21.7. The van der Waals surface area contributed by atoms with E-state index in [-0.39, 0.29) is 24.2 Å². The van der Waals surface area contributed by atoms with E-state index in [1.165, 1.54) is 11.3 Å². The van der Waals surface area contributed by atoms with E-state index in [9.17, 15) is 23.1 Å². The van der Waals surface area contributed by atoms with Gasteiger partial charge in [-0.2, -0.15) is 18.4 Å². The van der Waals surface area contributed by atoms with E-state index in [0.717, 1.165) is 28.3 Å². The molecule has 2 heterocycles. The summed E-state index contributed by atoms with van der Waals surface area (Å²) in [6.45, 7) is 2.25. The fourth-order valence-electron chi connectivity index (χ4n) is 4.52. The zero-order valence-electron chi connectivity index (χ0n) is 20.9. The van der Waals surface area contributed by atoms with Crippen LogP contribution in [0, 0.1) is 24.2 Å². The molecule has 200 valence electrons. The van der Waals surface area contributed by atoms with E-state index in [1.807, 2.05) is 19.1 Å². The number of thiazole rings is 1. The van der Waals surface area contributed by atoms with Crippen molar-refractivity contribution in [3.63, 3.8) is 0 Å². The lowest BCUT2D eigenvalue weighted by atomic mass is 9.78. The maximum Gasteiger partial charge on any atom is 0.433 e. The number of halogens is 3. The Morgan fingerprint density at radius 1 is 1.29 bits per heavy atom. The molecule has 0 spiro atoms. The number of nitrogens with one attached hydrogen (secondary N) is 1. The van der Waals surface area contributed by atoms with E-state index < -0.39 is 17.5 Å². The van der Waals surface area contributed by atoms with Gasteiger partial charge >= 0.3 is 6.18 Å². The highest BCUT2D eigenvalue weighted by Crippen LogP contribution is 2.43. The molecule has 0 atom stereocenters. The molecule has 12 heteroatoms. The SMILES string of the molecule is Cc1cc(Nc2nccc(C(F)(F)F)n2)cc(-c2cnc([C@]3(O)CC[C@H](C(=O)N(C)CCC#N)CC3)s2)c1. The second kappa shape index (κ2) is 11.0. The summed E-state index contributed by atoms with van der Waals surface area (Å²) in [5.41, 5.74) is 0.00258. The van der Waals surface area contributed by atoms with Crippen LogP contribution in [0.5, 0.6) is 0 Å². The largest absolute Gasteiger partial charge is 0.433 e. The second-order valence-electron chi connectivity index (χ2n) is 9.48. The topological polar surface area (TPSA) is 115 Å². The van der Waals surface area contributed by atoms with E-state index in [1.54, 1.807) is 30.3 Å². The van der Waals surface area contributed by atoms with Crippen LogP contribution in [-0.4, -0.2) is 44.5 Å². The van der Waals surface area contributed by atoms with E-state index in [4.69, 9.17) is 5.26 Å². The highest BCUT2D eigenvalue weighted by atomic mass is 32.1. The van der Waals surface area contributed by atoms with E-state index in [0.29, 0.717) is 42.9 Å². The molecule has 8 nitrogen and oxygen atoms in total. The van der Waals surface area contributed by atoms with Gasteiger partial charge in [-0.05, 0) is 61.9 Å². The van der Waals surface area contributed by atoms with Crippen molar-refractivity contribution >= 4 is 28.9 Å². The van der Waals surface area contributed by atoms with Crippen molar-refractivity contribution in [2.24, 2.45) is 5.92 Å². The van der Waals surface area contributed by atoms with Crippen LogP contribution in [0.15, 0.2) is 36.7 Å². The number of benzene rings is 1. The van der Waals surface area contributed by atoms with Gasteiger partial charge < -0.3 is 15.3 Å². The van der Waals surface area contributed by atoms with Gasteiger partial charge in [0.1, 0.15) is 16.3 Å². The van der Waals surface area contributed by atoms with Crippen LogP contribution in [0.2, 0.25) is 0 Å². The van der Waals surface area contributed by atoms with Crippen LogP contribution < -0.4 is 5.32 Å². The summed E-state index contributed by atoms with van der Waals surface area (Å²) in [5.74, 6) is -0.367. The number of aryl methyl sites for hydroxylation is 1. The molecule has 0 aliphatic heterocycles. The number of carbonyl (C=O) groups excluding carboxylic acids is 1. The van der Waals surface area contributed by atoms with E-state index >= 15 is 0 Å². The number of aliphatic hydroxyl groups is 1.